The van der Waals surface area contributed by atoms with Gasteiger partial charge >= 0.3 is 5.97 Å². The van der Waals surface area contributed by atoms with Gasteiger partial charge in [-0.25, -0.2) is 4.98 Å². The monoisotopic (exact) mass is 351 g/mol. The van der Waals surface area contributed by atoms with Gasteiger partial charge in [0.2, 0.25) is 5.95 Å². The topological polar surface area (TPSA) is 47.4 Å². The van der Waals surface area contributed by atoms with Crippen molar-refractivity contribution in [1.82, 2.24) is 9.55 Å². The molecule has 4 rings (SSSR count). The number of hydrogen-bond donors (Lipinski definition) is 0. The SMILES string of the molecule is CCOC(=O)C1CCN(c2nc3cc(C)c(C)cc3n2C2=CC=C2)CC1. The molecule has 2 aliphatic rings. The lowest BCUT2D eigenvalue weighted by atomic mass is 9.97. The molecule has 26 heavy (non-hydrogen) atoms. The zero-order valence-electron chi connectivity index (χ0n) is 15.7. The average molecular weight is 351 g/mol. The van der Waals surface area contributed by atoms with Crippen molar-refractivity contribution in [3.63, 3.8) is 0 Å². The van der Waals surface area contributed by atoms with E-state index in [-0.39, 0.29) is 11.9 Å². The number of piperidine rings is 1. The van der Waals surface area contributed by atoms with Crippen LogP contribution in [0.15, 0.2) is 30.4 Å². The summed E-state index contributed by atoms with van der Waals surface area (Å²) in [5.74, 6) is 0.927. The van der Waals surface area contributed by atoms with Gasteiger partial charge < -0.3 is 9.64 Å². The summed E-state index contributed by atoms with van der Waals surface area (Å²) in [6, 6.07) is 4.39. The second kappa shape index (κ2) is 6.63. The Kier molecular flexibility index (Phi) is 4.31. The van der Waals surface area contributed by atoms with Crippen LogP contribution in [0.2, 0.25) is 0 Å². The summed E-state index contributed by atoms with van der Waals surface area (Å²) in [6.45, 7) is 8.22. The van der Waals surface area contributed by atoms with Crippen LogP contribution in [-0.2, 0) is 9.53 Å². The number of aromatic nitrogens is 2. The van der Waals surface area contributed by atoms with E-state index in [9.17, 15) is 4.79 Å². The lowest BCUT2D eigenvalue weighted by Gasteiger charge is -2.32. The number of fused-ring (bicyclic) bond motifs is 1. The molecule has 0 bridgehead atoms. The molecule has 0 atom stereocenters. The number of nitrogens with zero attached hydrogens (tertiary/aromatic N) is 3. The van der Waals surface area contributed by atoms with Gasteiger partial charge in [-0.1, -0.05) is 6.08 Å². The minimum Gasteiger partial charge on any atom is -0.466 e. The first-order chi connectivity index (χ1) is 12.6. The van der Waals surface area contributed by atoms with Crippen molar-refractivity contribution in [2.45, 2.75) is 33.6 Å². The Labute approximate surface area is 154 Å². The Morgan fingerprint density at radius 1 is 1.23 bits per heavy atom. The van der Waals surface area contributed by atoms with Gasteiger partial charge in [-0.05, 0) is 69.0 Å². The van der Waals surface area contributed by atoms with E-state index in [1.165, 1.54) is 16.8 Å². The number of benzene rings is 1. The van der Waals surface area contributed by atoms with Crippen molar-refractivity contribution in [1.29, 1.82) is 0 Å². The van der Waals surface area contributed by atoms with Gasteiger partial charge in [0.15, 0.2) is 0 Å². The first-order valence-corrected chi connectivity index (χ1v) is 9.38. The zero-order chi connectivity index (χ0) is 18.3. The Bertz CT molecular complexity index is 915. The van der Waals surface area contributed by atoms with Crippen molar-refractivity contribution in [3.05, 3.63) is 41.5 Å². The summed E-state index contributed by atoms with van der Waals surface area (Å²) in [6.07, 6.45) is 7.92. The minimum absolute atomic E-state index is 0.0105. The largest absolute Gasteiger partial charge is 0.466 e. The molecule has 0 amide bonds. The molecule has 0 saturated carbocycles. The number of allylic oxidation sites excluding steroid dienone is 4. The molecular weight excluding hydrogens is 326 g/mol. The third kappa shape index (κ3) is 2.81. The maximum Gasteiger partial charge on any atom is 0.309 e. The number of rotatable bonds is 4. The molecule has 1 aromatic heterocycles. The van der Waals surface area contributed by atoms with E-state index in [0.717, 1.165) is 42.9 Å². The predicted octanol–water partition coefficient (Wildman–Crippen LogP) is 3.84. The standard InChI is InChI=1S/C21H25N3O2/c1-4-26-20(25)16-8-10-23(11-9-16)21-22-18-12-14(2)15(3)13-19(18)24(21)17-6-5-7-17/h5-7,12-13,16H,4,8-11H2,1-3H3. The van der Waals surface area contributed by atoms with Gasteiger partial charge in [-0.3, -0.25) is 9.36 Å². The summed E-state index contributed by atoms with van der Waals surface area (Å²) in [4.78, 5) is 19.3. The second-order valence-corrected chi connectivity index (χ2v) is 7.14. The number of aryl methyl sites for hydroxylation is 2. The van der Waals surface area contributed by atoms with Gasteiger partial charge in [-0.2, -0.15) is 0 Å². The molecule has 0 radical (unpaired) electrons. The van der Waals surface area contributed by atoms with E-state index >= 15 is 0 Å². The van der Waals surface area contributed by atoms with Crippen LogP contribution in [0.4, 0.5) is 5.95 Å². The van der Waals surface area contributed by atoms with E-state index in [1.807, 2.05) is 6.92 Å². The molecule has 2 heterocycles. The molecule has 0 spiro atoms. The highest BCUT2D eigenvalue weighted by Crippen LogP contribution is 2.33. The van der Waals surface area contributed by atoms with Crippen LogP contribution in [0.25, 0.3) is 16.7 Å². The third-order valence-corrected chi connectivity index (χ3v) is 5.44. The Hall–Kier alpha value is -2.56. The molecule has 5 heteroatoms. The Morgan fingerprint density at radius 2 is 1.92 bits per heavy atom. The normalized spacial score (nSPS) is 17.3. The van der Waals surface area contributed by atoms with Crippen molar-refractivity contribution in [2.24, 2.45) is 5.92 Å². The fourth-order valence-corrected chi connectivity index (χ4v) is 3.69. The summed E-state index contributed by atoms with van der Waals surface area (Å²) >= 11 is 0. The van der Waals surface area contributed by atoms with Crippen molar-refractivity contribution >= 4 is 28.6 Å². The van der Waals surface area contributed by atoms with E-state index in [2.05, 4.69) is 53.7 Å². The highest BCUT2D eigenvalue weighted by Gasteiger charge is 2.29. The van der Waals surface area contributed by atoms with Crippen LogP contribution in [-0.4, -0.2) is 35.2 Å². The van der Waals surface area contributed by atoms with Gasteiger partial charge in [0, 0.05) is 18.8 Å². The maximum atomic E-state index is 12.0. The fraction of sp³-hybridized carbons (Fsp3) is 0.429. The highest BCUT2D eigenvalue weighted by molar-refractivity contribution is 5.88. The molecule has 1 aliphatic carbocycles. The number of anilines is 1. The van der Waals surface area contributed by atoms with Crippen molar-refractivity contribution < 1.29 is 9.53 Å². The molecule has 1 aliphatic heterocycles. The van der Waals surface area contributed by atoms with Gasteiger partial charge in [0.05, 0.1) is 23.6 Å². The van der Waals surface area contributed by atoms with E-state index in [0.29, 0.717) is 6.61 Å². The van der Waals surface area contributed by atoms with Crippen LogP contribution in [0.5, 0.6) is 0 Å². The summed E-state index contributed by atoms with van der Waals surface area (Å²) in [5, 5.41) is 0. The molecule has 1 aromatic carbocycles. The highest BCUT2D eigenvalue weighted by atomic mass is 16.5. The summed E-state index contributed by atoms with van der Waals surface area (Å²) < 4.78 is 7.43. The molecule has 1 fully saturated rings. The molecule has 0 N–H and O–H groups in total. The number of hydrogen-bond acceptors (Lipinski definition) is 4. The third-order valence-electron chi connectivity index (χ3n) is 5.44. The first-order valence-electron chi connectivity index (χ1n) is 9.38. The molecule has 1 saturated heterocycles. The number of ether oxygens (including phenoxy) is 1. The quantitative estimate of drug-likeness (QED) is 0.785. The Balaban J connectivity index is 1.66. The molecule has 136 valence electrons. The summed E-state index contributed by atoms with van der Waals surface area (Å²) in [7, 11) is 0. The smallest absolute Gasteiger partial charge is 0.309 e. The van der Waals surface area contributed by atoms with Crippen LogP contribution in [0, 0.1) is 19.8 Å². The van der Waals surface area contributed by atoms with Crippen molar-refractivity contribution in [2.75, 3.05) is 24.6 Å². The molecule has 0 unspecified atom stereocenters. The zero-order valence-corrected chi connectivity index (χ0v) is 15.7. The second-order valence-electron chi connectivity index (χ2n) is 7.14. The average Bonchev–Trinajstić information content (AvgIpc) is 2.92. The van der Waals surface area contributed by atoms with Crippen LogP contribution >= 0.6 is 0 Å². The predicted molar refractivity (Wildman–Crippen MR) is 104 cm³/mol. The van der Waals surface area contributed by atoms with E-state index in [1.54, 1.807) is 0 Å². The molecule has 2 aromatic rings. The lowest BCUT2D eigenvalue weighted by Crippen LogP contribution is -2.38. The fourth-order valence-electron chi connectivity index (χ4n) is 3.69. The van der Waals surface area contributed by atoms with Crippen LogP contribution < -0.4 is 4.90 Å². The van der Waals surface area contributed by atoms with Gasteiger partial charge in [0.25, 0.3) is 0 Å². The minimum atomic E-state index is -0.0588. The number of carbonyl (C=O) groups excluding carboxylic acids is 1. The van der Waals surface area contributed by atoms with Crippen molar-refractivity contribution in [3.8, 4) is 0 Å². The number of carbonyl (C=O) groups is 1. The van der Waals surface area contributed by atoms with Gasteiger partial charge in [0.1, 0.15) is 0 Å². The first kappa shape index (κ1) is 16.9. The number of esters is 1. The molecular formula is C21H25N3O2. The molecule has 5 nitrogen and oxygen atoms in total. The van der Waals surface area contributed by atoms with Crippen LogP contribution in [0.3, 0.4) is 0 Å². The van der Waals surface area contributed by atoms with Crippen LogP contribution in [0.1, 0.15) is 30.9 Å². The van der Waals surface area contributed by atoms with E-state index in [4.69, 9.17) is 9.72 Å². The Morgan fingerprint density at radius 3 is 2.54 bits per heavy atom. The maximum absolute atomic E-state index is 12.0. The lowest BCUT2D eigenvalue weighted by molar-refractivity contribution is -0.148. The number of imidazole rings is 1. The summed E-state index contributed by atoms with van der Waals surface area (Å²) in [5.41, 5.74) is 5.87. The van der Waals surface area contributed by atoms with E-state index < -0.39 is 0 Å². The van der Waals surface area contributed by atoms with Gasteiger partial charge in [-0.15, -0.1) is 0 Å².